The molecular weight excluding hydrogens is 450 g/mol. The Hall–Kier alpha value is -2.82. The second kappa shape index (κ2) is 7.70. The average Bonchev–Trinajstić information content (AvgIpc) is 3.52. The Labute approximate surface area is 187 Å². The van der Waals surface area contributed by atoms with Gasteiger partial charge in [0, 0.05) is 4.88 Å². The van der Waals surface area contributed by atoms with Crippen molar-refractivity contribution in [3.05, 3.63) is 63.7 Å². The first-order chi connectivity index (χ1) is 14.9. The van der Waals surface area contributed by atoms with Gasteiger partial charge in [0.1, 0.15) is 5.82 Å². The number of anilines is 1. The van der Waals surface area contributed by atoms with Gasteiger partial charge in [0.15, 0.2) is 5.65 Å². The molecular formula is C21H19N5O2S3. The van der Waals surface area contributed by atoms with Crippen LogP contribution in [0.2, 0.25) is 0 Å². The van der Waals surface area contributed by atoms with Crippen LogP contribution in [0.4, 0.5) is 5.82 Å². The average molecular weight is 470 g/mol. The number of rotatable bonds is 6. The highest BCUT2D eigenvalue weighted by atomic mass is 32.2. The summed E-state index contributed by atoms with van der Waals surface area (Å²) >= 11 is 3.17. The molecule has 7 nitrogen and oxygen atoms in total. The molecule has 0 aliphatic carbocycles. The van der Waals surface area contributed by atoms with Crippen molar-refractivity contribution in [2.24, 2.45) is 0 Å². The zero-order valence-corrected chi connectivity index (χ0v) is 19.3. The number of aromatic nitrogens is 4. The van der Waals surface area contributed by atoms with Crippen LogP contribution in [0.5, 0.6) is 0 Å². The van der Waals surface area contributed by atoms with E-state index in [1.807, 2.05) is 41.1 Å². The largest absolute Gasteiger partial charge is 0.364 e. The topological polar surface area (TPSA) is 89.2 Å². The van der Waals surface area contributed by atoms with Crippen LogP contribution in [0.15, 0.2) is 63.1 Å². The molecule has 0 unspecified atom stereocenters. The van der Waals surface area contributed by atoms with E-state index in [1.165, 1.54) is 15.9 Å². The van der Waals surface area contributed by atoms with Gasteiger partial charge in [0.05, 0.1) is 21.7 Å². The van der Waals surface area contributed by atoms with Gasteiger partial charge in [-0.15, -0.1) is 27.8 Å². The van der Waals surface area contributed by atoms with Gasteiger partial charge in [0.2, 0.25) is 14.9 Å². The molecule has 5 aromatic rings. The molecule has 0 saturated carbocycles. The maximum absolute atomic E-state index is 13.3. The monoisotopic (exact) mass is 469 g/mol. The molecule has 0 spiro atoms. The van der Waals surface area contributed by atoms with Gasteiger partial charge in [0.25, 0.3) is 0 Å². The molecule has 10 heteroatoms. The van der Waals surface area contributed by atoms with Crippen LogP contribution in [0.25, 0.3) is 15.9 Å². The molecule has 0 radical (unpaired) electrons. The Morgan fingerprint density at radius 1 is 1.06 bits per heavy atom. The van der Waals surface area contributed by atoms with Gasteiger partial charge >= 0.3 is 0 Å². The fraction of sp³-hybridized carbons (Fsp3) is 0.190. The van der Waals surface area contributed by atoms with Crippen molar-refractivity contribution in [3.63, 3.8) is 0 Å². The van der Waals surface area contributed by atoms with Crippen molar-refractivity contribution in [1.29, 1.82) is 0 Å². The molecule has 4 heterocycles. The third kappa shape index (κ3) is 3.50. The first-order valence-corrected chi connectivity index (χ1v) is 12.9. The molecule has 0 saturated heterocycles. The van der Waals surface area contributed by atoms with Crippen molar-refractivity contribution in [3.8, 4) is 0 Å². The Balaban J connectivity index is 1.61. The molecule has 5 rings (SSSR count). The number of nitrogens with one attached hydrogen (secondary N) is 1. The van der Waals surface area contributed by atoms with Crippen LogP contribution in [0.1, 0.15) is 30.2 Å². The molecule has 0 fully saturated rings. The minimum Gasteiger partial charge on any atom is -0.364 e. The van der Waals surface area contributed by atoms with Crippen LogP contribution < -0.4 is 5.32 Å². The second-order valence-corrected chi connectivity index (χ2v) is 11.2. The number of thiophene rings is 2. The summed E-state index contributed by atoms with van der Waals surface area (Å²) in [4.78, 5) is 5.98. The molecule has 1 aromatic carbocycles. The highest BCUT2D eigenvalue weighted by molar-refractivity contribution is 7.91. The van der Waals surface area contributed by atoms with Crippen molar-refractivity contribution in [2.45, 2.75) is 36.2 Å². The second-order valence-electron chi connectivity index (χ2n) is 7.39. The molecule has 4 aromatic heterocycles. The fourth-order valence-electron chi connectivity index (χ4n) is 3.34. The highest BCUT2D eigenvalue weighted by Crippen LogP contribution is 2.31. The molecule has 0 aliphatic rings. The third-order valence-corrected chi connectivity index (χ3v) is 8.50. The third-order valence-electron chi connectivity index (χ3n) is 5.04. The van der Waals surface area contributed by atoms with E-state index in [0.717, 1.165) is 20.7 Å². The lowest BCUT2D eigenvalue weighted by Crippen LogP contribution is -2.06. The van der Waals surface area contributed by atoms with Crippen LogP contribution >= 0.6 is 22.7 Å². The van der Waals surface area contributed by atoms with Crippen LogP contribution in [0, 0.1) is 0 Å². The zero-order valence-electron chi connectivity index (χ0n) is 16.8. The van der Waals surface area contributed by atoms with Gasteiger partial charge in [-0.3, -0.25) is 0 Å². The Kier molecular flexibility index (Phi) is 4.99. The Morgan fingerprint density at radius 2 is 1.87 bits per heavy atom. The molecule has 31 heavy (non-hydrogen) atoms. The van der Waals surface area contributed by atoms with E-state index in [9.17, 15) is 8.42 Å². The van der Waals surface area contributed by atoms with Gasteiger partial charge < -0.3 is 5.32 Å². The molecule has 158 valence electrons. The molecule has 0 atom stereocenters. The van der Waals surface area contributed by atoms with E-state index < -0.39 is 9.84 Å². The lowest BCUT2D eigenvalue weighted by Gasteiger charge is -2.08. The van der Waals surface area contributed by atoms with Crippen molar-refractivity contribution in [1.82, 2.24) is 19.8 Å². The van der Waals surface area contributed by atoms with Crippen LogP contribution in [-0.4, -0.2) is 28.2 Å². The van der Waals surface area contributed by atoms with Gasteiger partial charge in [-0.1, -0.05) is 37.3 Å². The van der Waals surface area contributed by atoms with E-state index >= 15 is 0 Å². The Bertz CT molecular complexity index is 1470. The van der Waals surface area contributed by atoms with Gasteiger partial charge in [-0.25, -0.2) is 13.4 Å². The van der Waals surface area contributed by atoms with Gasteiger partial charge in [-0.05, 0) is 46.5 Å². The van der Waals surface area contributed by atoms with Crippen LogP contribution in [-0.2, 0) is 16.4 Å². The molecule has 0 aliphatic heterocycles. The number of hydrogen-bond acceptors (Lipinski definition) is 8. The van der Waals surface area contributed by atoms with E-state index in [0.29, 0.717) is 18.3 Å². The van der Waals surface area contributed by atoms with E-state index in [2.05, 4.69) is 34.5 Å². The SMILES string of the molecule is CC(C)c1ccc(S(=O)(=O)c2nnn3c2nc(NCc2cccs2)c2sccc23)cc1. The highest BCUT2D eigenvalue weighted by Gasteiger charge is 2.27. The van der Waals surface area contributed by atoms with E-state index in [1.54, 1.807) is 23.5 Å². The zero-order chi connectivity index (χ0) is 21.6. The molecule has 0 bridgehead atoms. The van der Waals surface area contributed by atoms with Crippen molar-refractivity contribution >= 4 is 54.2 Å². The number of fused-ring (bicyclic) bond motifs is 3. The Morgan fingerprint density at radius 3 is 2.58 bits per heavy atom. The predicted octanol–water partition coefficient (Wildman–Crippen LogP) is 4.97. The molecule has 1 N–H and O–H groups in total. The summed E-state index contributed by atoms with van der Waals surface area (Å²) in [6, 6.07) is 12.8. The predicted molar refractivity (Wildman–Crippen MR) is 124 cm³/mol. The maximum Gasteiger partial charge on any atom is 0.229 e. The van der Waals surface area contributed by atoms with E-state index in [4.69, 9.17) is 0 Å². The maximum atomic E-state index is 13.3. The van der Waals surface area contributed by atoms with Crippen LogP contribution in [0.3, 0.4) is 0 Å². The number of sulfone groups is 1. The summed E-state index contributed by atoms with van der Waals surface area (Å²) in [6.07, 6.45) is 0. The standard InChI is InChI=1S/C21H19N5O2S3/c1-13(2)14-5-7-16(8-6-14)31(27,28)21-20-23-19(22-12-15-4-3-10-29-15)18-17(9-11-30-18)26(20)25-24-21/h3-11,13H,12H2,1-2H3,(H,22,23). The first kappa shape index (κ1) is 20.1. The van der Waals surface area contributed by atoms with Crippen molar-refractivity contribution in [2.75, 3.05) is 5.32 Å². The summed E-state index contributed by atoms with van der Waals surface area (Å²) in [5, 5.41) is 15.3. The minimum absolute atomic E-state index is 0.142. The van der Waals surface area contributed by atoms with Gasteiger partial charge in [-0.2, -0.15) is 4.52 Å². The summed E-state index contributed by atoms with van der Waals surface area (Å²) in [5.41, 5.74) is 2.06. The summed E-state index contributed by atoms with van der Waals surface area (Å²) < 4.78 is 29.1. The summed E-state index contributed by atoms with van der Waals surface area (Å²) in [5.74, 6) is 0.942. The minimum atomic E-state index is -3.87. The van der Waals surface area contributed by atoms with E-state index in [-0.39, 0.29) is 15.6 Å². The first-order valence-electron chi connectivity index (χ1n) is 9.69. The smallest absolute Gasteiger partial charge is 0.229 e. The normalized spacial score (nSPS) is 12.2. The number of benzene rings is 1. The fourth-order valence-corrected chi connectivity index (χ4v) is 6.06. The quantitative estimate of drug-likeness (QED) is 0.378. The lowest BCUT2D eigenvalue weighted by molar-refractivity contribution is 0.592. The number of nitrogens with zero attached hydrogens (tertiary/aromatic N) is 4. The number of hydrogen-bond donors (Lipinski definition) is 1. The summed E-state index contributed by atoms with van der Waals surface area (Å²) in [6.45, 7) is 4.74. The lowest BCUT2D eigenvalue weighted by atomic mass is 10.0. The summed E-state index contributed by atoms with van der Waals surface area (Å²) in [7, 11) is -3.87. The molecule has 0 amide bonds. The van der Waals surface area contributed by atoms with Crippen molar-refractivity contribution < 1.29 is 8.42 Å².